The average molecular weight is 235 g/mol. The van der Waals surface area contributed by atoms with Gasteiger partial charge in [0.1, 0.15) is 5.82 Å². The molecule has 0 saturated carbocycles. The third-order valence-corrected chi connectivity index (χ3v) is 2.45. The highest BCUT2D eigenvalue weighted by molar-refractivity contribution is 6.30. The Hall–Kier alpha value is -1.67. The molecule has 0 aromatic heterocycles. The Morgan fingerprint density at radius 1 is 1.00 bits per heavy atom. The number of hydrogen-bond acceptors (Lipinski definition) is 1. The number of carbonyl (C=O) groups is 1. The fourth-order valence-corrected chi connectivity index (χ4v) is 1.52. The van der Waals surface area contributed by atoms with Crippen molar-refractivity contribution < 1.29 is 9.18 Å². The summed E-state index contributed by atoms with van der Waals surface area (Å²) in [4.78, 5) is 11.9. The summed E-state index contributed by atoms with van der Waals surface area (Å²) in [6, 6.07) is 12.1. The molecule has 80 valence electrons. The molecule has 0 saturated heterocycles. The van der Waals surface area contributed by atoms with Gasteiger partial charge in [0.05, 0.1) is 0 Å². The van der Waals surface area contributed by atoms with Crippen molar-refractivity contribution in [1.29, 1.82) is 0 Å². The Labute approximate surface area is 97.5 Å². The summed E-state index contributed by atoms with van der Waals surface area (Å²) in [6.45, 7) is 0. The quantitative estimate of drug-likeness (QED) is 0.724. The number of carbonyl (C=O) groups excluding carboxylic acids is 1. The molecule has 0 radical (unpaired) electrons. The summed E-state index contributed by atoms with van der Waals surface area (Å²) in [5.41, 5.74) is 0.831. The standard InChI is InChI=1S/C13H8ClFO/c14-11-6-4-9(5-7-11)13(16)10-2-1-3-12(15)8-10/h1-8H. The molecule has 0 aliphatic heterocycles. The monoisotopic (exact) mass is 234 g/mol. The van der Waals surface area contributed by atoms with Gasteiger partial charge in [-0.05, 0) is 36.4 Å². The molecule has 2 aromatic carbocycles. The van der Waals surface area contributed by atoms with Gasteiger partial charge in [-0.25, -0.2) is 4.39 Å². The maximum Gasteiger partial charge on any atom is 0.193 e. The number of halogens is 2. The number of rotatable bonds is 2. The molecule has 0 N–H and O–H groups in total. The summed E-state index contributed by atoms with van der Waals surface area (Å²) in [7, 11) is 0. The predicted octanol–water partition coefficient (Wildman–Crippen LogP) is 3.71. The maximum absolute atomic E-state index is 12.9. The zero-order valence-corrected chi connectivity index (χ0v) is 9.04. The van der Waals surface area contributed by atoms with E-state index in [0.717, 1.165) is 0 Å². The van der Waals surface area contributed by atoms with Gasteiger partial charge >= 0.3 is 0 Å². The van der Waals surface area contributed by atoms with Crippen LogP contribution in [0.2, 0.25) is 5.02 Å². The average Bonchev–Trinajstić information content (AvgIpc) is 2.29. The van der Waals surface area contributed by atoms with Crippen molar-refractivity contribution in [2.45, 2.75) is 0 Å². The van der Waals surface area contributed by atoms with Crippen LogP contribution in [0, 0.1) is 5.82 Å². The van der Waals surface area contributed by atoms with E-state index < -0.39 is 5.82 Å². The van der Waals surface area contributed by atoms with Gasteiger partial charge in [-0.2, -0.15) is 0 Å². The van der Waals surface area contributed by atoms with Crippen molar-refractivity contribution in [3.8, 4) is 0 Å². The van der Waals surface area contributed by atoms with Crippen molar-refractivity contribution >= 4 is 17.4 Å². The second kappa shape index (κ2) is 4.45. The SMILES string of the molecule is O=C(c1ccc(Cl)cc1)c1cccc(F)c1. The van der Waals surface area contributed by atoms with E-state index in [0.29, 0.717) is 16.1 Å². The van der Waals surface area contributed by atoms with Crippen LogP contribution >= 0.6 is 11.6 Å². The van der Waals surface area contributed by atoms with Crippen LogP contribution in [0.3, 0.4) is 0 Å². The highest BCUT2D eigenvalue weighted by Gasteiger charge is 2.09. The molecule has 3 heteroatoms. The van der Waals surface area contributed by atoms with Gasteiger partial charge in [0.25, 0.3) is 0 Å². The molecular weight excluding hydrogens is 227 g/mol. The molecule has 0 amide bonds. The lowest BCUT2D eigenvalue weighted by Gasteiger charge is -2.01. The first-order chi connectivity index (χ1) is 7.66. The van der Waals surface area contributed by atoms with E-state index in [4.69, 9.17) is 11.6 Å². The zero-order valence-electron chi connectivity index (χ0n) is 8.28. The fourth-order valence-electron chi connectivity index (χ4n) is 1.40. The van der Waals surface area contributed by atoms with Gasteiger partial charge in [-0.3, -0.25) is 4.79 Å². The molecule has 0 bridgehead atoms. The Morgan fingerprint density at radius 2 is 1.69 bits per heavy atom. The van der Waals surface area contributed by atoms with Crippen LogP contribution in [-0.2, 0) is 0 Å². The molecule has 1 nitrogen and oxygen atoms in total. The van der Waals surface area contributed by atoms with E-state index in [-0.39, 0.29) is 5.78 Å². The number of hydrogen-bond donors (Lipinski definition) is 0. The van der Waals surface area contributed by atoms with E-state index in [1.165, 1.54) is 18.2 Å². The molecule has 0 fully saturated rings. The van der Waals surface area contributed by atoms with Gasteiger partial charge in [0.2, 0.25) is 0 Å². The van der Waals surface area contributed by atoms with E-state index in [1.807, 2.05) is 0 Å². The lowest BCUT2D eigenvalue weighted by atomic mass is 10.0. The molecule has 0 aliphatic carbocycles. The molecule has 0 atom stereocenters. The van der Waals surface area contributed by atoms with Gasteiger partial charge in [-0.1, -0.05) is 23.7 Å². The number of benzene rings is 2. The van der Waals surface area contributed by atoms with Gasteiger partial charge in [0.15, 0.2) is 5.78 Å². The first kappa shape index (κ1) is 10.8. The molecule has 0 spiro atoms. The molecular formula is C13H8ClFO. The predicted molar refractivity (Wildman–Crippen MR) is 61.3 cm³/mol. The third kappa shape index (κ3) is 2.28. The molecule has 2 rings (SSSR count). The van der Waals surface area contributed by atoms with Crippen molar-refractivity contribution in [2.75, 3.05) is 0 Å². The summed E-state index contributed by atoms with van der Waals surface area (Å²) in [5, 5.41) is 0.566. The third-order valence-electron chi connectivity index (χ3n) is 2.19. The second-order valence-electron chi connectivity index (χ2n) is 3.35. The molecule has 0 heterocycles. The lowest BCUT2D eigenvalue weighted by molar-refractivity contribution is 0.103. The Balaban J connectivity index is 2.35. The summed E-state index contributed by atoms with van der Waals surface area (Å²) in [6.07, 6.45) is 0. The largest absolute Gasteiger partial charge is 0.289 e. The molecule has 0 aliphatic rings. The van der Waals surface area contributed by atoms with Gasteiger partial charge in [-0.15, -0.1) is 0 Å². The first-order valence-corrected chi connectivity index (χ1v) is 5.10. The maximum atomic E-state index is 12.9. The van der Waals surface area contributed by atoms with Crippen LogP contribution in [0.1, 0.15) is 15.9 Å². The summed E-state index contributed by atoms with van der Waals surface area (Å²) in [5.74, 6) is -0.629. The van der Waals surface area contributed by atoms with Gasteiger partial charge in [0, 0.05) is 16.1 Å². The fraction of sp³-hybridized carbons (Fsp3) is 0. The molecule has 0 unspecified atom stereocenters. The topological polar surface area (TPSA) is 17.1 Å². The normalized spacial score (nSPS) is 10.1. The van der Waals surface area contributed by atoms with Crippen LogP contribution in [0.4, 0.5) is 4.39 Å². The smallest absolute Gasteiger partial charge is 0.193 e. The molecule has 2 aromatic rings. The van der Waals surface area contributed by atoms with Crippen LogP contribution in [0.5, 0.6) is 0 Å². The Bertz CT molecular complexity index is 520. The second-order valence-corrected chi connectivity index (χ2v) is 3.78. The van der Waals surface area contributed by atoms with Crippen molar-refractivity contribution in [3.63, 3.8) is 0 Å². The molecule has 16 heavy (non-hydrogen) atoms. The van der Waals surface area contributed by atoms with Crippen molar-refractivity contribution in [2.24, 2.45) is 0 Å². The summed E-state index contributed by atoms with van der Waals surface area (Å²) >= 11 is 5.72. The minimum absolute atomic E-state index is 0.212. The van der Waals surface area contributed by atoms with Gasteiger partial charge < -0.3 is 0 Å². The first-order valence-electron chi connectivity index (χ1n) is 4.72. The Kier molecular flexibility index (Phi) is 3.02. The van der Waals surface area contributed by atoms with E-state index >= 15 is 0 Å². The number of ketones is 1. The summed E-state index contributed by atoms with van der Waals surface area (Å²) < 4.78 is 12.9. The van der Waals surface area contributed by atoms with Crippen LogP contribution in [0.25, 0.3) is 0 Å². The van der Waals surface area contributed by atoms with Crippen LogP contribution < -0.4 is 0 Å². The highest BCUT2D eigenvalue weighted by Crippen LogP contribution is 2.14. The van der Waals surface area contributed by atoms with Crippen molar-refractivity contribution in [1.82, 2.24) is 0 Å². The lowest BCUT2D eigenvalue weighted by Crippen LogP contribution is -2.01. The minimum Gasteiger partial charge on any atom is -0.289 e. The van der Waals surface area contributed by atoms with E-state index in [1.54, 1.807) is 30.3 Å². The zero-order chi connectivity index (χ0) is 11.5. The van der Waals surface area contributed by atoms with E-state index in [9.17, 15) is 9.18 Å². The highest BCUT2D eigenvalue weighted by atomic mass is 35.5. The van der Waals surface area contributed by atoms with E-state index in [2.05, 4.69) is 0 Å². The Morgan fingerprint density at radius 3 is 2.31 bits per heavy atom. The van der Waals surface area contributed by atoms with Crippen molar-refractivity contribution in [3.05, 3.63) is 70.5 Å². The minimum atomic E-state index is -0.417. The van der Waals surface area contributed by atoms with Crippen LogP contribution in [0.15, 0.2) is 48.5 Å². The van der Waals surface area contributed by atoms with Crippen LogP contribution in [-0.4, -0.2) is 5.78 Å².